The molecule has 0 spiro atoms. The predicted molar refractivity (Wildman–Crippen MR) is 95.4 cm³/mol. The standard InChI is InChI=1S/C16H23N5O3S/c1-10-7-12(3)13(8-11(10)2)25(22,23)17-9-14-18-15(21(4)5)20-16(19-14)24-6/h7-8,17H,9H2,1-6H3. The second-order valence-electron chi connectivity index (χ2n) is 5.96. The van der Waals surface area contributed by atoms with Gasteiger partial charge in [-0.2, -0.15) is 15.0 Å². The third kappa shape index (κ3) is 4.43. The number of aromatic nitrogens is 3. The Morgan fingerprint density at radius 3 is 2.28 bits per heavy atom. The van der Waals surface area contributed by atoms with Crippen molar-refractivity contribution >= 4 is 16.0 Å². The Balaban J connectivity index is 2.29. The van der Waals surface area contributed by atoms with E-state index < -0.39 is 10.0 Å². The Morgan fingerprint density at radius 1 is 1.04 bits per heavy atom. The van der Waals surface area contributed by atoms with Crippen LogP contribution in [0.1, 0.15) is 22.5 Å². The number of rotatable bonds is 6. The van der Waals surface area contributed by atoms with E-state index >= 15 is 0 Å². The molecular weight excluding hydrogens is 342 g/mol. The van der Waals surface area contributed by atoms with E-state index in [1.807, 2.05) is 19.9 Å². The van der Waals surface area contributed by atoms with Gasteiger partial charge in [-0.15, -0.1) is 0 Å². The summed E-state index contributed by atoms with van der Waals surface area (Å²) in [6.07, 6.45) is 0. The number of anilines is 1. The van der Waals surface area contributed by atoms with Gasteiger partial charge in [-0.05, 0) is 43.5 Å². The maximum absolute atomic E-state index is 12.6. The highest BCUT2D eigenvalue weighted by atomic mass is 32.2. The van der Waals surface area contributed by atoms with Crippen LogP contribution in [0.15, 0.2) is 17.0 Å². The van der Waals surface area contributed by atoms with Gasteiger partial charge in [0.25, 0.3) is 0 Å². The van der Waals surface area contributed by atoms with E-state index in [0.717, 1.165) is 11.1 Å². The maximum Gasteiger partial charge on any atom is 0.321 e. The lowest BCUT2D eigenvalue weighted by Gasteiger charge is -2.13. The van der Waals surface area contributed by atoms with Crippen molar-refractivity contribution in [1.82, 2.24) is 19.7 Å². The highest BCUT2D eigenvalue weighted by molar-refractivity contribution is 7.89. The van der Waals surface area contributed by atoms with E-state index in [9.17, 15) is 8.42 Å². The quantitative estimate of drug-likeness (QED) is 0.825. The lowest BCUT2D eigenvalue weighted by molar-refractivity contribution is 0.375. The summed E-state index contributed by atoms with van der Waals surface area (Å²) >= 11 is 0. The molecule has 1 aromatic carbocycles. The van der Waals surface area contributed by atoms with Crippen molar-refractivity contribution in [2.75, 3.05) is 26.1 Å². The van der Waals surface area contributed by atoms with Gasteiger partial charge in [0.05, 0.1) is 18.6 Å². The van der Waals surface area contributed by atoms with Gasteiger partial charge < -0.3 is 9.64 Å². The van der Waals surface area contributed by atoms with Crippen LogP contribution in [-0.4, -0.2) is 44.6 Å². The Morgan fingerprint density at radius 2 is 1.68 bits per heavy atom. The largest absolute Gasteiger partial charge is 0.467 e. The lowest BCUT2D eigenvalue weighted by Crippen LogP contribution is -2.26. The fourth-order valence-electron chi connectivity index (χ4n) is 2.22. The first-order valence-corrected chi connectivity index (χ1v) is 9.16. The van der Waals surface area contributed by atoms with E-state index in [1.165, 1.54) is 7.11 Å². The summed E-state index contributed by atoms with van der Waals surface area (Å²) in [5.74, 6) is 0.670. The SMILES string of the molecule is COc1nc(CNS(=O)(=O)c2cc(C)c(C)cc2C)nc(N(C)C)n1. The zero-order chi connectivity index (χ0) is 18.8. The molecule has 0 aliphatic carbocycles. The minimum absolute atomic E-state index is 0.0611. The van der Waals surface area contributed by atoms with Crippen LogP contribution in [0, 0.1) is 20.8 Å². The van der Waals surface area contributed by atoms with Crippen LogP contribution in [0.2, 0.25) is 0 Å². The van der Waals surface area contributed by atoms with Gasteiger partial charge >= 0.3 is 6.01 Å². The molecule has 1 N–H and O–H groups in total. The van der Waals surface area contributed by atoms with Gasteiger partial charge in [0.2, 0.25) is 16.0 Å². The second kappa shape index (κ2) is 7.32. The molecule has 0 aliphatic heterocycles. The summed E-state index contributed by atoms with van der Waals surface area (Å²) in [6, 6.07) is 3.67. The summed E-state index contributed by atoms with van der Waals surface area (Å²) in [5.41, 5.74) is 2.66. The van der Waals surface area contributed by atoms with Crippen molar-refractivity contribution in [1.29, 1.82) is 0 Å². The lowest BCUT2D eigenvalue weighted by atomic mass is 10.1. The van der Waals surface area contributed by atoms with Gasteiger partial charge in [0, 0.05) is 14.1 Å². The molecule has 9 heteroatoms. The fourth-order valence-corrected chi connectivity index (χ4v) is 3.51. The van der Waals surface area contributed by atoms with E-state index in [1.54, 1.807) is 32.0 Å². The van der Waals surface area contributed by atoms with Crippen LogP contribution >= 0.6 is 0 Å². The zero-order valence-electron chi connectivity index (χ0n) is 15.3. The van der Waals surface area contributed by atoms with Crippen LogP contribution in [0.25, 0.3) is 0 Å². The molecule has 0 atom stereocenters. The second-order valence-corrected chi connectivity index (χ2v) is 7.69. The number of hydrogen-bond acceptors (Lipinski definition) is 7. The number of sulfonamides is 1. The molecule has 2 rings (SSSR count). The Labute approximate surface area is 148 Å². The first-order chi connectivity index (χ1) is 11.6. The summed E-state index contributed by atoms with van der Waals surface area (Å²) in [7, 11) is 1.32. The van der Waals surface area contributed by atoms with Crippen molar-refractivity contribution in [3.8, 4) is 6.01 Å². The van der Waals surface area contributed by atoms with Crippen LogP contribution < -0.4 is 14.4 Å². The Kier molecular flexibility index (Phi) is 5.58. The van der Waals surface area contributed by atoms with Crippen LogP contribution in [0.4, 0.5) is 5.95 Å². The van der Waals surface area contributed by atoms with Crippen molar-refractivity contribution in [2.24, 2.45) is 0 Å². The molecule has 0 aliphatic rings. The third-order valence-corrected chi connectivity index (χ3v) is 5.28. The number of benzene rings is 1. The topological polar surface area (TPSA) is 97.3 Å². The minimum Gasteiger partial charge on any atom is -0.467 e. The summed E-state index contributed by atoms with van der Waals surface area (Å²) in [6.45, 7) is 5.55. The van der Waals surface area contributed by atoms with Gasteiger partial charge in [0.15, 0.2) is 5.82 Å². The first-order valence-electron chi connectivity index (χ1n) is 7.68. The van der Waals surface area contributed by atoms with Crippen molar-refractivity contribution < 1.29 is 13.2 Å². The molecule has 8 nitrogen and oxygen atoms in total. The molecule has 1 heterocycles. The van der Waals surface area contributed by atoms with Crippen molar-refractivity contribution in [2.45, 2.75) is 32.2 Å². The van der Waals surface area contributed by atoms with Crippen LogP contribution in [-0.2, 0) is 16.6 Å². The van der Waals surface area contributed by atoms with Gasteiger partial charge in [-0.25, -0.2) is 13.1 Å². The Hall–Kier alpha value is -2.26. The molecule has 0 saturated carbocycles. The van der Waals surface area contributed by atoms with Gasteiger partial charge in [0.1, 0.15) is 0 Å². The van der Waals surface area contributed by atoms with E-state index in [4.69, 9.17) is 4.74 Å². The van der Waals surface area contributed by atoms with Crippen LogP contribution in [0.3, 0.4) is 0 Å². The van der Waals surface area contributed by atoms with Gasteiger partial charge in [-0.1, -0.05) is 6.07 Å². The zero-order valence-corrected chi connectivity index (χ0v) is 16.1. The molecule has 0 saturated heterocycles. The van der Waals surface area contributed by atoms with Crippen molar-refractivity contribution in [3.05, 3.63) is 34.6 Å². The summed E-state index contributed by atoms with van der Waals surface area (Å²) < 4.78 is 32.9. The number of nitrogens with zero attached hydrogens (tertiary/aromatic N) is 4. The molecular formula is C16H23N5O3S. The fraction of sp³-hybridized carbons (Fsp3) is 0.438. The molecule has 0 bridgehead atoms. The number of ether oxygens (including phenoxy) is 1. The van der Waals surface area contributed by atoms with E-state index in [0.29, 0.717) is 11.5 Å². The van der Waals surface area contributed by atoms with Gasteiger partial charge in [-0.3, -0.25) is 0 Å². The number of aryl methyl sites for hydroxylation is 3. The molecule has 0 radical (unpaired) electrons. The molecule has 136 valence electrons. The smallest absolute Gasteiger partial charge is 0.321 e. The third-order valence-electron chi connectivity index (χ3n) is 3.73. The predicted octanol–water partition coefficient (Wildman–Crippen LogP) is 1.35. The highest BCUT2D eigenvalue weighted by Gasteiger charge is 2.19. The van der Waals surface area contributed by atoms with E-state index in [2.05, 4.69) is 19.7 Å². The highest BCUT2D eigenvalue weighted by Crippen LogP contribution is 2.20. The van der Waals surface area contributed by atoms with Crippen molar-refractivity contribution in [3.63, 3.8) is 0 Å². The molecule has 0 amide bonds. The van der Waals surface area contributed by atoms with E-state index in [-0.39, 0.29) is 23.3 Å². The molecule has 2 aromatic rings. The summed E-state index contributed by atoms with van der Waals surface area (Å²) in [5, 5.41) is 0. The maximum atomic E-state index is 12.6. The average Bonchev–Trinajstić information content (AvgIpc) is 2.55. The molecule has 25 heavy (non-hydrogen) atoms. The number of methoxy groups -OCH3 is 1. The monoisotopic (exact) mass is 365 g/mol. The molecule has 0 unspecified atom stereocenters. The Bertz CT molecular complexity index is 882. The number of nitrogens with one attached hydrogen (secondary N) is 1. The average molecular weight is 365 g/mol. The molecule has 1 aromatic heterocycles. The summed E-state index contributed by atoms with van der Waals surface area (Å²) in [4.78, 5) is 14.4. The molecule has 0 fully saturated rings. The normalized spacial score (nSPS) is 11.4. The first kappa shape index (κ1) is 19.1. The van der Waals surface area contributed by atoms with Crippen LogP contribution in [0.5, 0.6) is 6.01 Å². The number of hydrogen-bond donors (Lipinski definition) is 1. The minimum atomic E-state index is -3.69.